The third kappa shape index (κ3) is 4.30. The lowest BCUT2D eigenvalue weighted by molar-refractivity contribution is -0.132. The Hall–Kier alpha value is -2.82. The molecule has 2 aromatic carbocycles. The molecule has 0 radical (unpaired) electrons. The van der Waals surface area contributed by atoms with E-state index in [2.05, 4.69) is 24.4 Å². The maximum atomic E-state index is 13.0. The minimum absolute atomic E-state index is 0.0444. The first-order chi connectivity index (χ1) is 13.0. The molecule has 3 unspecified atom stereocenters. The third-order valence-corrected chi connectivity index (χ3v) is 5.56. The molecular weight excluding hydrogens is 338 g/mol. The van der Waals surface area contributed by atoms with Crippen LogP contribution in [-0.4, -0.2) is 29.4 Å². The number of nitrogens with zero attached hydrogens (tertiary/aromatic N) is 1. The topological polar surface area (TPSA) is 75.4 Å². The summed E-state index contributed by atoms with van der Waals surface area (Å²) in [7, 11) is 0. The van der Waals surface area contributed by atoms with Crippen LogP contribution in [0.25, 0.3) is 0 Å². The Bertz CT molecular complexity index is 806. The molecule has 1 aliphatic rings. The van der Waals surface area contributed by atoms with Gasteiger partial charge in [-0.25, -0.2) is 4.79 Å². The Kier molecular flexibility index (Phi) is 5.79. The highest BCUT2D eigenvalue weighted by Gasteiger charge is 2.35. The maximum absolute atomic E-state index is 13.0. The second kappa shape index (κ2) is 8.25. The second-order valence-corrected chi connectivity index (χ2v) is 7.26. The lowest BCUT2D eigenvalue weighted by atomic mass is 9.92. The van der Waals surface area contributed by atoms with Crippen LogP contribution in [0.15, 0.2) is 54.6 Å². The van der Waals surface area contributed by atoms with Gasteiger partial charge in [-0.1, -0.05) is 54.6 Å². The van der Waals surface area contributed by atoms with Crippen LogP contribution in [0, 0.1) is 6.92 Å². The first-order valence-corrected chi connectivity index (χ1v) is 9.43. The van der Waals surface area contributed by atoms with Gasteiger partial charge in [0, 0.05) is 18.5 Å². The van der Waals surface area contributed by atoms with Gasteiger partial charge in [0.05, 0.1) is 12.5 Å². The Labute approximate surface area is 160 Å². The maximum Gasteiger partial charge on any atom is 0.312 e. The van der Waals surface area contributed by atoms with Gasteiger partial charge in [0.1, 0.15) is 0 Å². The summed E-state index contributed by atoms with van der Waals surface area (Å²) in [5.41, 5.74) is 8.59. The smallest absolute Gasteiger partial charge is 0.312 e. The fourth-order valence-electron chi connectivity index (χ4n) is 4.12. The van der Waals surface area contributed by atoms with Gasteiger partial charge in [0.2, 0.25) is 5.91 Å². The van der Waals surface area contributed by atoms with E-state index in [0.717, 1.165) is 24.1 Å². The van der Waals surface area contributed by atoms with Gasteiger partial charge in [-0.05, 0) is 37.0 Å². The lowest BCUT2D eigenvalue weighted by Gasteiger charge is -2.28. The molecule has 0 aromatic heterocycles. The molecule has 2 aromatic rings. The van der Waals surface area contributed by atoms with Crippen LogP contribution in [0.5, 0.6) is 0 Å². The van der Waals surface area contributed by atoms with Crippen molar-refractivity contribution in [3.05, 3.63) is 71.3 Å². The van der Waals surface area contributed by atoms with Gasteiger partial charge in [-0.15, -0.1) is 0 Å². The van der Waals surface area contributed by atoms with Gasteiger partial charge in [0.15, 0.2) is 0 Å². The average molecular weight is 365 g/mol. The second-order valence-electron chi connectivity index (χ2n) is 7.26. The first kappa shape index (κ1) is 19.0. The van der Waals surface area contributed by atoms with E-state index < -0.39 is 12.1 Å². The zero-order valence-corrected chi connectivity index (χ0v) is 15.9. The van der Waals surface area contributed by atoms with E-state index in [-0.39, 0.29) is 18.4 Å². The van der Waals surface area contributed by atoms with E-state index in [0.29, 0.717) is 5.92 Å². The highest BCUT2D eigenvalue weighted by atomic mass is 16.2. The summed E-state index contributed by atoms with van der Waals surface area (Å²) < 4.78 is 0. The Morgan fingerprint density at radius 3 is 2.48 bits per heavy atom. The van der Waals surface area contributed by atoms with Crippen molar-refractivity contribution in [1.82, 2.24) is 10.2 Å². The van der Waals surface area contributed by atoms with E-state index >= 15 is 0 Å². The van der Waals surface area contributed by atoms with Gasteiger partial charge < -0.3 is 16.0 Å². The third-order valence-electron chi connectivity index (χ3n) is 5.56. The molecular formula is C22H27N3O2. The van der Waals surface area contributed by atoms with E-state index in [1.54, 1.807) is 0 Å². The Balaban J connectivity index is 1.74. The lowest BCUT2D eigenvalue weighted by Crippen LogP contribution is -2.40. The van der Waals surface area contributed by atoms with Crippen LogP contribution < -0.4 is 11.1 Å². The SMILES string of the molecule is Cc1ccccc1C(CC(=O)N1CCC(c2ccccc2)C1C)NC(N)=O. The van der Waals surface area contributed by atoms with Crippen LogP contribution in [-0.2, 0) is 4.79 Å². The predicted octanol–water partition coefficient (Wildman–Crippen LogP) is 3.50. The number of urea groups is 1. The molecule has 5 nitrogen and oxygen atoms in total. The van der Waals surface area contributed by atoms with E-state index in [4.69, 9.17) is 5.73 Å². The largest absolute Gasteiger partial charge is 0.352 e. The molecule has 27 heavy (non-hydrogen) atoms. The van der Waals surface area contributed by atoms with E-state index in [1.165, 1.54) is 5.56 Å². The van der Waals surface area contributed by atoms with Crippen molar-refractivity contribution in [3.63, 3.8) is 0 Å². The van der Waals surface area contributed by atoms with Crippen LogP contribution in [0.1, 0.15) is 48.4 Å². The first-order valence-electron chi connectivity index (χ1n) is 9.43. The molecule has 0 spiro atoms. The fourth-order valence-corrected chi connectivity index (χ4v) is 4.12. The van der Waals surface area contributed by atoms with Gasteiger partial charge in [-0.3, -0.25) is 4.79 Å². The molecule has 3 rings (SSSR count). The molecule has 1 heterocycles. The summed E-state index contributed by atoms with van der Waals surface area (Å²) in [5, 5.41) is 2.74. The molecule has 3 N–H and O–H groups in total. The number of hydrogen-bond donors (Lipinski definition) is 2. The monoisotopic (exact) mass is 365 g/mol. The van der Waals surface area contributed by atoms with Crippen molar-refractivity contribution in [2.75, 3.05) is 6.54 Å². The standard InChI is InChI=1S/C22H27N3O2/c1-15-8-6-7-11-18(15)20(24-22(23)27)14-21(26)25-13-12-19(16(25)2)17-9-4-3-5-10-17/h3-11,16,19-20H,12-14H2,1-2H3,(H3,23,24,27). The van der Waals surface area contributed by atoms with Gasteiger partial charge >= 0.3 is 6.03 Å². The number of hydrogen-bond acceptors (Lipinski definition) is 2. The molecule has 3 amide bonds. The number of rotatable bonds is 5. The molecule has 142 valence electrons. The number of aryl methyl sites for hydroxylation is 1. The summed E-state index contributed by atoms with van der Waals surface area (Å²) in [6.45, 7) is 4.81. The van der Waals surface area contributed by atoms with Crippen LogP contribution >= 0.6 is 0 Å². The summed E-state index contributed by atoms with van der Waals surface area (Å²) in [6, 6.07) is 17.2. The van der Waals surface area contributed by atoms with Crippen molar-refractivity contribution < 1.29 is 9.59 Å². The summed E-state index contributed by atoms with van der Waals surface area (Å²) in [5.74, 6) is 0.388. The molecule has 0 saturated carbocycles. The van der Waals surface area contributed by atoms with E-state index in [9.17, 15) is 9.59 Å². The molecule has 3 atom stereocenters. The van der Waals surface area contributed by atoms with Crippen molar-refractivity contribution in [3.8, 4) is 0 Å². The minimum Gasteiger partial charge on any atom is -0.352 e. The van der Waals surface area contributed by atoms with Crippen molar-refractivity contribution in [2.24, 2.45) is 5.73 Å². The highest BCUT2D eigenvalue weighted by molar-refractivity contribution is 5.79. The Morgan fingerprint density at radius 1 is 1.15 bits per heavy atom. The number of benzene rings is 2. The quantitative estimate of drug-likeness (QED) is 0.851. The molecule has 0 bridgehead atoms. The summed E-state index contributed by atoms with van der Waals surface area (Å²) in [4.78, 5) is 26.5. The molecule has 5 heteroatoms. The number of amides is 3. The van der Waals surface area contributed by atoms with Crippen molar-refractivity contribution in [2.45, 2.75) is 44.7 Å². The van der Waals surface area contributed by atoms with Crippen LogP contribution in [0.2, 0.25) is 0 Å². The molecule has 1 fully saturated rings. The average Bonchev–Trinajstić information content (AvgIpc) is 3.03. The van der Waals surface area contributed by atoms with Gasteiger partial charge in [0.25, 0.3) is 0 Å². The highest BCUT2D eigenvalue weighted by Crippen LogP contribution is 2.34. The minimum atomic E-state index is -0.618. The van der Waals surface area contributed by atoms with Crippen LogP contribution in [0.4, 0.5) is 4.79 Å². The number of carbonyl (C=O) groups excluding carboxylic acids is 2. The number of primary amides is 1. The zero-order valence-electron chi connectivity index (χ0n) is 15.9. The number of nitrogens with one attached hydrogen (secondary N) is 1. The fraction of sp³-hybridized carbons (Fsp3) is 0.364. The van der Waals surface area contributed by atoms with Gasteiger partial charge in [-0.2, -0.15) is 0 Å². The normalized spacial score (nSPS) is 20.3. The summed E-state index contributed by atoms with van der Waals surface area (Å²) >= 11 is 0. The van der Waals surface area contributed by atoms with Crippen molar-refractivity contribution >= 4 is 11.9 Å². The van der Waals surface area contributed by atoms with Crippen LogP contribution in [0.3, 0.4) is 0 Å². The molecule has 1 aliphatic heterocycles. The summed E-state index contributed by atoms with van der Waals surface area (Å²) in [6.07, 6.45) is 1.16. The number of nitrogens with two attached hydrogens (primary N) is 1. The predicted molar refractivity (Wildman–Crippen MR) is 106 cm³/mol. The molecule has 1 saturated heterocycles. The van der Waals surface area contributed by atoms with E-state index in [1.807, 2.05) is 54.3 Å². The molecule has 0 aliphatic carbocycles. The number of carbonyl (C=O) groups is 2. The Morgan fingerprint density at radius 2 is 1.81 bits per heavy atom. The van der Waals surface area contributed by atoms with Crippen molar-refractivity contribution in [1.29, 1.82) is 0 Å². The number of likely N-dealkylation sites (tertiary alicyclic amines) is 1. The zero-order chi connectivity index (χ0) is 19.4.